The topological polar surface area (TPSA) is 71.3 Å². The summed E-state index contributed by atoms with van der Waals surface area (Å²) in [5.41, 5.74) is 3.94. The average Bonchev–Trinajstić information content (AvgIpc) is 3.16. The van der Waals surface area contributed by atoms with Crippen LogP contribution in [0.5, 0.6) is 0 Å². The van der Waals surface area contributed by atoms with E-state index in [9.17, 15) is 14.0 Å². The monoisotopic (exact) mass is 485 g/mol. The maximum atomic E-state index is 13.4. The summed E-state index contributed by atoms with van der Waals surface area (Å²) in [4.78, 5) is 28.2. The second-order valence-electron chi connectivity index (χ2n) is 9.95. The van der Waals surface area contributed by atoms with Crippen molar-refractivity contribution < 1.29 is 9.18 Å². The Morgan fingerprint density at radius 1 is 1.03 bits per heavy atom. The Balaban J connectivity index is 1.19. The second kappa shape index (κ2) is 8.95. The Kier molecular flexibility index (Phi) is 5.60. The fourth-order valence-electron chi connectivity index (χ4n) is 5.91. The first-order valence-corrected chi connectivity index (χ1v) is 12.3. The number of benzene rings is 2. The maximum absolute atomic E-state index is 13.4. The number of likely N-dealkylation sites (tertiary alicyclic amines) is 1. The number of urea groups is 1. The molecule has 6 rings (SSSR count). The number of rotatable bonds is 4. The molecule has 4 aromatic rings. The summed E-state index contributed by atoms with van der Waals surface area (Å²) in [6, 6.07) is 17.2. The average molecular weight is 486 g/mol. The number of carbonyl (C=O) groups is 1. The van der Waals surface area contributed by atoms with Crippen LogP contribution in [0, 0.1) is 11.7 Å². The molecule has 2 aliphatic rings. The minimum absolute atomic E-state index is 0.195. The van der Waals surface area contributed by atoms with Gasteiger partial charge in [0.1, 0.15) is 11.5 Å². The number of fused-ring (bicyclic) bond motifs is 5. The first kappa shape index (κ1) is 22.5. The van der Waals surface area contributed by atoms with Gasteiger partial charge in [0.25, 0.3) is 5.56 Å². The van der Waals surface area contributed by atoms with Crippen LogP contribution in [0.1, 0.15) is 23.6 Å². The molecule has 2 aliphatic heterocycles. The standard InChI is InChI=1S/C28H28FN5O2/c1-32-15-20(23-7-2-3-8-26(23)32)17-33-13-18-11-19(16-33)25-10-9-24(27(35)34(25)14-18)31-28(36)30-22-6-4-5-21(29)12-22/h2-10,12,15,18-19H,11,13-14,16-17H2,1H3,(H2,30,31,36)/t18-,19+/m0/s1. The highest BCUT2D eigenvalue weighted by Crippen LogP contribution is 2.36. The lowest BCUT2D eigenvalue weighted by Crippen LogP contribution is -2.47. The fourth-order valence-corrected chi connectivity index (χ4v) is 5.91. The number of aryl methyl sites for hydroxylation is 1. The number of nitrogens with zero attached hydrogens (tertiary/aromatic N) is 3. The molecule has 2 bridgehead atoms. The van der Waals surface area contributed by atoms with Crippen molar-refractivity contribution in [1.29, 1.82) is 0 Å². The number of carbonyl (C=O) groups excluding carboxylic acids is 1. The van der Waals surface area contributed by atoms with Gasteiger partial charge in [-0.25, -0.2) is 9.18 Å². The molecule has 4 heterocycles. The van der Waals surface area contributed by atoms with Gasteiger partial charge in [0.05, 0.1) is 0 Å². The normalized spacial score (nSPS) is 19.2. The summed E-state index contributed by atoms with van der Waals surface area (Å²) in [7, 11) is 2.09. The molecule has 8 heteroatoms. The largest absolute Gasteiger partial charge is 0.350 e. The molecule has 0 unspecified atom stereocenters. The van der Waals surface area contributed by atoms with E-state index in [2.05, 4.69) is 57.6 Å². The van der Waals surface area contributed by atoms with Gasteiger partial charge in [-0.05, 0) is 54.3 Å². The van der Waals surface area contributed by atoms with E-state index in [0.717, 1.165) is 31.7 Å². The summed E-state index contributed by atoms with van der Waals surface area (Å²) < 4.78 is 17.4. The summed E-state index contributed by atoms with van der Waals surface area (Å²) in [6.07, 6.45) is 3.29. The molecule has 0 aliphatic carbocycles. The lowest BCUT2D eigenvalue weighted by molar-refractivity contribution is 0.115. The van der Waals surface area contributed by atoms with Gasteiger partial charge in [0, 0.05) is 67.6 Å². The zero-order chi connectivity index (χ0) is 24.8. The highest BCUT2D eigenvalue weighted by atomic mass is 19.1. The zero-order valence-electron chi connectivity index (χ0n) is 20.1. The van der Waals surface area contributed by atoms with E-state index in [0.29, 0.717) is 18.2 Å². The van der Waals surface area contributed by atoms with Gasteiger partial charge in [-0.3, -0.25) is 9.69 Å². The first-order valence-electron chi connectivity index (χ1n) is 12.3. The second-order valence-corrected chi connectivity index (χ2v) is 9.95. The Morgan fingerprint density at radius 3 is 2.75 bits per heavy atom. The van der Waals surface area contributed by atoms with Crippen molar-refractivity contribution in [2.45, 2.75) is 25.4 Å². The van der Waals surface area contributed by atoms with Crippen LogP contribution in [0.25, 0.3) is 10.9 Å². The van der Waals surface area contributed by atoms with Gasteiger partial charge in [-0.15, -0.1) is 0 Å². The Morgan fingerprint density at radius 2 is 1.89 bits per heavy atom. The molecule has 0 radical (unpaired) electrons. The summed E-state index contributed by atoms with van der Waals surface area (Å²) >= 11 is 0. The molecule has 2 amide bonds. The number of anilines is 2. The highest BCUT2D eigenvalue weighted by Gasteiger charge is 2.35. The molecule has 36 heavy (non-hydrogen) atoms. The van der Waals surface area contributed by atoms with Crippen LogP contribution in [0.15, 0.2) is 71.7 Å². The quantitative estimate of drug-likeness (QED) is 0.439. The molecule has 7 nitrogen and oxygen atoms in total. The predicted molar refractivity (Wildman–Crippen MR) is 139 cm³/mol. The van der Waals surface area contributed by atoms with Gasteiger partial charge in [-0.1, -0.05) is 24.3 Å². The van der Waals surface area contributed by atoms with Crippen LogP contribution in [-0.4, -0.2) is 33.2 Å². The van der Waals surface area contributed by atoms with Crippen LogP contribution in [0.3, 0.4) is 0 Å². The third kappa shape index (κ3) is 4.18. The highest BCUT2D eigenvalue weighted by molar-refractivity contribution is 5.99. The molecule has 0 spiro atoms. The van der Waals surface area contributed by atoms with Crippen LogP contribution in [-0.2, 0) is 20.1 Å². The number of amides is 2. The predicted octanol–water partition coefficient (Wildman–Crippen LogP) is 4.74. The van der Waals surface area contributed by atoms with Gasteiger partial charge in [-0.2, -0.15) is 0 Å². The van der Waals surface area contributed by atoms with Gasteiger partial charge in [0.15, 0.2) is 0 Å². The van der Waals surface area contributed by atoms with E-state index >= 15 is 0 Å². The smallest absolute Gasteiger partial charge is 0.323 e. The van der Waals surface area contributed by atoms with E-state index in [1.807, 2.05) is 10.6 Å². The van der Waals surface area contributed by atoms with Gasteiger partial charge < -0.3 is 19.8 Å². The molecule has 2 aromatic carbocycles. The zero-order valence-corrected chi connectivity index (χ0v) is 20.1. The number of halogens is 1. The van der Waals surface area contributed by atoms with Gasteiger partial charge in [0.2, 0.25) is 0 Å². The fraction of sp³-hybridized carbons (Fsp3) is 0.286. The summed E-state index contributed by atoms with van der Waals surface area (Å²) in [6.45, 7) is 3.35. The van der Waals surface area contributed by atoms with Crippen molar-refractivity contribution in [2.24, 2.45) is 13.0 Å². The molecular weight excluding hydrogens is 457 g/mol. The molecule has 1 saturated heterocycles. The SMILES string of the molecule is Cn1cc(CN2C[C@@H]3C[C@H](C2)c2ccc(NC(=O)Nc4cccc(F)c4)c(=O)n2C3)c2ccccc21. The number of aromatic nitrogens is 2. The lowest BCUT2D eigenvalue weighted by atomic mass is 9.83. The van der Waals surface area contributed by atoms with Crippen molar-refractivity contribution >= 4 is 28.3 Å². The number of nitrogens with one attached hydrogen (secondary N) is 2. The molecular formula is C28H28FN5O2. The van der Waals surface area contributed by atoms with Crippen LogP contribution in [0.2, 0.25) is 0 Å². The van der Waals surface area contributed by atoms with Crippen LogP contribution in [0.4, 0.5) is 20.6 Å². The van der Waals surface area contributed by atoms with Crippen molar-refractivity contribution in [2.75, 3.05) is 23.7 Å². The number of hydrogen-bond acceptors (Lipinski definition) is 3. The Labute approximate surface area is 208 Å². The minimum Gasteiger partial charge on any atom is -0.350 e. The van der Waals surface area contributed by atoms with Gasteiger partial charge >= 0.3 is 6.03 Å². The minimum atomic E-state index is -0.574. The number of hydrogen-bond donors (Lipinski definition) is 2. The Bertz CT molecular complexity index is 1520. The number of piperidine rings is 1. The lowest BCUT2D eigenvalue weighted by Gasteiger charge is -2.43. The molecule has 1 fully saturated rings. The van der Waals surface area contributed by atoms with E-state index in [1.165, 1.54) is 34.7 Å². The summed E-state index contributed by atoms with van der Waals surface area (Å²) in [5.74, 6) is 0.207. The van der Waals surface area contributed by atoms with E-state index in [-0.39, 0.29) is 17.2 Å². The molecule has 2 atom stereocenters. The molecule has 2 N–H and O–H groups in total. The van der Waals surface area contributed by atoms with Crippen molar-refractivity contribution in [3.8, 4) is 0 Å². The first-order chi connectivity index (χ1) is 17.4. The maximum Gasteiger partial charge on any atom is 0.323 e. The van der Waals surface area contributed by atoms with Crippen LogP contribution < -0.4 is 16.2 Å². The Hall–Kier alpha value is -3.91. The number of para-hydroxylation sites is 1. The molecule has 0 saturated carbocycles. The summed E-state index contributed by atoms with van der Waals surface area (Å²) in [5, 5.41) is 6.50. The number of pyridine rings is 1. The van der Waals surface area contributed by atoms with Crippen molar-refractivity contribution in [3.63, 3.8) is 0 Å². The third-order valence-corrected chi connectivity index (χ3v) is 7.38. The van der Waals surface area contributed by atoms with Crippen molar-refractivity contribution in [3.05, 3.63) is 94.3 Å². The van der Waals surface area contributed by atoms with Crippen LogP contribution >= 0.6 is 0 Å². The third-order valence-electron chi connectivity index (χ3n) is 7.38. The van der Waals surface area contributed by atoms with E-state index in [4.69, 9.17) is 0 Å². The van der Waals surface area contributed by atoms with E-state index in [1.54, 1.807) is 12.1 Å². The van der Waals surface area contributed by atoms with Crippen molar-refractivity contribution in [1.82, 2.24) is 14.0 Å². The molecule has 2 aromatic heterocycles. The van der Waals surface area contributed by atoms with E-state index < -0.39 is 11.8 Å². The molecule has 184 valence electrons.